The summed E-state index contributed by atoms with van der Waals surface area (Å²) >= 11 is 13.5. The zero-order valence-electron chi connectivity index (χ0n) is 16.5. The second-order valence-electron chi connectivity index (χ2n) is 6.50. The van der Waals surface area contributed by atoms with Crippen LogP contribution < -0.4 is 5.43 Å². The Morgan fingerprint density at radius 3 is 2.78 bits per heavy atom. The predicted molar refractivity (Wildman–Crippen MR) is 130 cm³/mol. The van der Waals surface area contributed by atoms with E-state index in [1.165, 1.54) is 12.1 Å². The highest BCUT2D eigenvalue weighted by Crippen LogP contribution is 2.34. The first-order valence-corrected chi connectivity index (χ1v) is 11.7. The molecule has 0 radical (unpaired) electrons. The lowest BCUT2D eigenvalue weighted by atomic mass is 10.1. The van der Waals surface area contributed by atoms with Crippen LogP contribution in [0.5, 0.6) is 0 Å². The fraction of sp³-hybridized carbons (Fsp3) is 0.150. The van der Waals surface area contributed by atoms with Crippen LogP contribution in [0.4, 0.5) is 5.69 Å². The third kappa shape index (κ3) is 5.48. The number of thiocarbonyl (C=S) groups is 1. The number of nitro benzene ring substituents is 1. The van der Waals surface area contributed by atoms with E-state index < -0.39 is 16.7 Å². The van der Waals surface area contributed by atoms with E-state index in [2.05, 4.69) is 5.43 Å². The molecule has 0 saturated carbocycles. The van der Waals surface area contributed by atoms with Gasteiger partial charge in [-0.05, 0) is 54.5 Å². The molecule has 0 aliphatic carbocycles. The minimum absolute atomic E-state index is 0.106. The first-order valence-electron chi connectivity index (χ1n) is 9.08. The third-order valence-corrected chi connectivity index (χ3v) is 6.86. The molecule has 0 unspecified atom stereocenters. The van der Waals surface area contributed by atoms with Gasteiger partial charge in [-0.1, -0.05) is 35.5 Å². The molecule has 2 N–H and O–H groups in total. The number of rotatable bonds is 7. The van der Waals surface area contributed by atoms with E-state index in [9.17, 15) is 19.7 Å². The number of aliphatic hydroxyl groups excluding tert-OH is 1. The summed E-state index contributed by atoms with van der Waals surface area (Å²) in [5.74, 6) is -0.824. The third-order valence-electron chi connectivity index (χ3n) is 4.20. The number of amides is 2. The number of thioether (sulfide) groups is 2. The second kappa shape index (κ2) is 10.5. The molecule has 0 atom stereocenters. The molecular weight excluding hydrogens is 494 g/mol. The second-order valence-corrected chi connectivity index (χ2v) is 9.72. The molecule has 1 heterocycles. The molecule has 8 nitrogen and oxygen atoms in total. The van der Waals surface area contributed by atoms with Gasteiger partial charge in [0.25, 0.3) is 17.5 Å². The van der Waals surface area contributed by atoms with Crippen molar-refractivity contribution in [1.82, 2.24) is 10.4 Å². The first kappa shape index (κ1) is 24.2. The monoisotopic (exact) mass is 509 g/mol. The first-order chi connectivity index (χ1) is 15.2. The van der Waals surface area contributed by atoms with Crippen LogP contribution in [-0.2, 0) is 4.79 Å². The summed E-state index contributed by atoms with van der Waals surface area (Å²) in [7, 11) is 0. The van der Waals surface area contributed by atoms with E-state index in [0.717, 1.165) is 34.1 Å². The molecule has 2 aromatic rings. The van der Waals surface area contributed by atoms with Crippen molar-refractivity contribution < 1.29 is 19.6 Å². The Hall–Kier alpha value is -2.44. The molecule has 2 aromatic carbocycles. The molecule has 12 heteroatoms. The number of hydrogen-bond donors (Lipinski definition) is 2. The maximum Gasteiger partial charge on any atom is 0.285 e. The number of nitrogens with zero attached hydrogens (tertiary/aromatic N) is 2. The Labute approximate surface area is 202 Å². The summed E-state index contributed by atoms with van der Waals surface area (Å²) in [6.45, 7) is 1.73. The summed E-state index contributed by atoms with van der Waals surface area (Å²) in [6, 6.07) is 9.44. The van der Waals surface area contributed by atoms with Crippen molar-refractivity contribution in [2.45, 2.75) is 11.8 Å². The number of hydrazine groups is 1. The van der Waals surface area contributed by atoms with Crippen LogP contribution in [-0.4, -0.2) is 43.5 Å². The summed E-state index contributed by atoms with van der Waals surface area (Å²) in [4.78, 5) is 36.8. The topological polar surface area (TPSA) is 113 Å². The number of carbonyl (C=O) groups excluding carboxylic acids is 2. The Bertz CT molecular complexity index is 1160. The van der Waals surface area contributed by atoms with Crippen LogP contribution >= 0.6 is 47.3 Å². The van der Waals surface area contributed by atoms with E-state index in [1.807, 2.05) is 6.92 Å². The van der Waals surface area contributed by atoms with Gasteiger partial charge in [0, 0.05) is 11.8 Å². The average molecular weight is 510 g/mol. The van der Waals surface area contributed by atoms with E-state index in [0.29, 0.717) is 16.2 Å². The molecule has 1 aliphatic heterocycles. The number of carbonyl (C=O) groups is 2. The highest BCUT2D eigenvalue weighted by atomic mass is 35.5. The minimum Gasteiger partial charge on any atom is -0.396 e. The maximum absolute atomic E-state index is 12.8. The number of aryl methyl sites for hydroxylation is 1. The summed E-state index contributed by atoms with van der Waals surface area (Å²) in [5.41, 5.74) is 3.83. The van der Waals surface area contributed by atoms with Crippen molar-refractivity contribution in [2.75, 3.05) is 12.4 Å². The lowest BCUT2D eigenvalue weighted by Crippen LogP contribution is -2.44. The summed E-state index contributed by atoms with van der Waals surface area (Å²) in [5, 5.41) is 21.5. The van der Waals surface area contributed by atoms with Gasteiger partial charge in [-0.15, -0.1) is 11.8 Å². The number of nitrogens with one attached hydrogen (secondary N) is 1. The Morgan fingerprint density at radius 1 is 1.38 bits per heavy atom. The van der Waals surface area contributed by atoms with Crippen molar-refractivity contribution in [1.29, 1.82) is 0 Å². The van der Waals surface area contributed by atoms with E-state index in [-0.39, 0.29) is 32.1 Å². The molecule has 0 aromatic heterocycles. The van der Waals surface area contributed by atoms with Gasteiger partial charge >= 0.3 is 0 Å². The van der Waals surface area contributed by atoms with Crippen molar-refractivity contribution >= 4 is 75.2 Å². The smallest absolute Gasteiger partial charge is 0.285 e. The number of hydrogen-bond acceptors (Lipinski definition) is 8. The number of nitro groups is 1. The van der Waals surface area contributed by atoms with E-state index in [4.69, 9.17) is 28.9 Å². The Kier molecular flexibility index (Phi) is 7.91. The fourth-order valence-corrected chi connectivity index (χ4v) is 4.98. The average Bonchev–Trinajstić information content (AvgIpc) is 2.99. The van der Waals surface area contributed by atoms with Crippen molar-refractivity contribution in [3.05, 3.63) is 73.1 Å². The van der Waals surface area contributed by atoms with Crippen molar-refractivity contribution in [2.24, 2.45) is 0 Å². The molecule has 0 spiro atoms. The van der Waals surface area contributed by atoms with Gasteiger partial charge in [0.05, 0.1) is 31.9 Å². The highest BCUT2D eigenvalue weighted by Gasteiger charge is 2.34. The summed E-state index contributed by atoms with van der Waals surface area (Å²) in [6.07, 6.45) is 1.47. The number of halogens is 1. The lowest BCUT2D eigenvalue weighted by Gasteiger charge is -2.16. The van der Waals surface area contributed by atoms with Gasteiger partial charge in [0.15, 0.2) is 4.32 Å². The van der Waals surface area contributed by atoms with Gasteiger partial charge in [0.1, 0.15) is 0 Å². The normalized spacial score (nSPS) is 14.8. The zero-order valence-corrected chi connectivity index (χ0v) is 19.7. The largest absolute Gasteiger partial charge is 0.396 e. The van der Waals surface area contributed by atoms with Crippen molar-refractivity contribution in [3.63, 3.8) is 0 Å². The van der Waals surface area contributed by atoms with Gasteiger partial charge in [0.2, 0.25) is 0 Å². The SMILES string of the molecule is Cc1ccc(C(=O)NN2C(=O)C(=Cc3ccc(SCCO)c([N+](=O)[O-])c3)SC2=S)c(Cl)c1. The molecule has 1 aliphatic rings. The van der Waals surface area contributed by atoms with Crippen LogP contribution in [0, 0.1) is 17.0 Å². The molecule has 1 fully saturated rings. The molecule has 1 saturated heterocycles. The van der Waals surface area contributed by atoms with Crippen molar-refractivity contribution in [3.8, 4) is 0 Å². The molecule has 2 amide bonds. The standard InChI is InChI=1S/C20H16ClN3O5S3/c1-11-2-4-13(14(21)8-11)18(26)22-23-19(27)17(32-20(23)30)10-12-3-5-16(31-7-6-25)15(9-12)24(28)29/h2-5,8-10,25H,6-7H2,1H3,(H,22,26). The van der Waals surface area contributed by atoms with Crippen LogP contribution in [0.15, 0.2) is 46.2 Å². The van der Waals surface area contributed by atoms with E-state index in [1.54, 1.807) is 30.3 Å². The van der Waals surface area contributed by atoms with Crippen LogP contribution in [0.25, 0.3) is 6.08 Å². The van der Waals surface area contributed by atoms with Gasteiger partial charge in [-0.3, -0.25) is 25.1 Å². The van der Waals surface area contributed by atoms with Gasteiger partial charge in [-0.25, -0.2) is 0 Å². The maximum atomic E-state index is 12.8. The number of aliphatic hydroxyl groups is 1. The minimum atomic E-state index is -0.589. The molecule has 0 bridgehead atoms. The summed E-state index contributed by atoms with van der Waals surface area (Å²) < 4.78 is 0.113. The molecule has 32 heavy (non-hydrogen) atoms. The molecule has 166 valence electrons. The fourth-order valence-electron chi connectivity index (χ4n) is 2.73. The quantitative estimate of drug-likeness (QED) is 0.188. The molecule has 3 rings (SSSR count). The molecular formula is C20H16ClN3O5S3. The lowest BCUT2D eigenvalue weighted by molar-refractivity contribution is -0.387. The number of benzene rings is 2. The van der Waals surface area contributed by atoms with E-state index >= 15 is 0 Å². The predicted octanol–water partition coefficient (Wildman–Crippen LogP) is 4.19. The van der Waals surface area contributed by atoms with Crippen LogP contribution in [0.3, 0.4) is 0 Å². The van der Waals surface area contributed by atoms with Gasteiger partial charge < -0.3 is 5.11 Å². The van der Waals surface area contributed by atoms with Gasteiger partial charge in [-0.2, -0.15) is 5.01 Å². The highest BCUT2D eigenvalue weighted by molar-refractivity contribution is 8.26. The van der Waals surface area contributed by atoms with Crippen LogP contribution in [0.1, 0.15) is 21.5 Å². The van der Waals surface area contributed by atoms with Crippen LogP contribution in [0.2, 0.25) is 5.02 Å². The zero-order chi connectivity index (χ0) is 23.4. The Balaban J connectivity index is 1.81. The Morgan fingerprint density at radius 2 is 2.12 bits per heavy atom.